The maximum atomic E-state index is 13.2. The van der Waals surface area contributed by atoms with Crippen LogP contribution in [0.3, 0.4) is 0 Å². The Labute approximate surface area is 212 Å². The fourth-order valence-corrected chi connectivity index (χ4v) is 5.59. The van der Waals surface area contributed by atoms with Gasteiger partial charge in [-0.05, 0) is 73.2 Å². The second-order valence-electron chi connectivity index (χ2n) is 10.3. The molecule has 4 rings (SSSR count). The molecule has 1 saturated carbocycles. The molecule has 1 N–H and O–H groups in total. The molecule has 36 heavy (non-hydrogen) atoms. The topological polar surface area (TPSA) is 106 Å². The zero-order chi connectivity index (χ0) is 25.8. The van der Waals surface area contributed by atoms with E-state index in [1.54, 1.807) is 11.6 Å². The van der Waals surface area contributed by atoms with Crippen molar-refractivity contribution in [3.8, 4) is 0 Å². The number of ether oxygens (including phenoxy) is 1. The van der Waals surface area contributed by atoms with Crippen LogP contribution in [0.2, 0.25) is 0 Å². The zero-order valence-electron chi connectivity index (χ0n) is 22.1. The number of aryl methyl sites for hydroxylation is 2. The molecule has 1 aromatic carbocycles. The largest absolute Gasteiger partial charge is 0.465 e. The number of tetrazole rings is 1. The summed E-state index contributed by atoms with van der Waals surface area (Å²) in [5, 5.41) is 13.5. The fourth-order valence-electron chi connectivity index (χ4n) is 5.59. The number of carbonyl (C=O) groups excluding carboxylic acids is 1. The van der Waals surface area contributed by atoms with Crippen molar-refractivity contribution in [1.82, 2.24) is 30.1 Å². The van der Waals surface area contributed by atoms with Gasteiger partial charge in [0.05, 0.1) is 12.6 Å². The van der Waals surface area contributed by atoms with E-state index in [1.165, 1.54) is 6.42 Å². The molecule has 0 saturated heterocycles. The van der Waals surface area contributed by atoms with Gasteiger partial charge in [0, 0.05) is 29.1 Å². The molecule has 1 fully saturated rings. The Balaban J connectivity index is 1.75. The van der Waals surface area contributed by atoms with E-state index in [4.69, 9.17) is 4.74 Å². The molecule has 1 aliphatic rings. The highest BCUT2D eigenvalue weighted by Gasteiger charge is 2.35. The average Bonchev–Trinajstić information content (AvgIpc) is 3.27. The summed E-state index contributed by atoms with van der Waals surface area (Å²) in [6, 6.07) is 6.34. The van der Waals surface area contributed by atoms with Gasteiger partial charge >= 0.3 is 5.97 Å². The second-order valence-corrected chi connectivity index (χ2v) is 10.3. The minimum atomic E-state index is -0.366. The first kappa shape index (κ1) is 26.0. The van der Waals surface area contributed by atoms with Crippen LogP contribution in [-0.2, 0) is 22.6 Å². The molecule has 0 unspecified atom stereocenters. The van der Waals surface area contributed by atoms with Crippen LogP contribution < -0.4 is 5.56 Å². The number of esters is 1. The first-order valence-electron chi connectivity index (χ1n) is 13.1. The number of rotatable bonds is 9. The Morgan fingerprint density at radius 3 is 2.64 bits per heavy atom. The molecule has 0 spiro atoms. The number of carbonyl (C=O) groups is 1. The third-order valence-electron chi connectivity index (χ3n) is 7.18. The van der Waals surface area contributed by atoms with Crippen LogP contribution in [0.1, 0.15) is 81.4 Å². The van der Waals surface area contributed by atoms with E-state index in [0.717, 1.165) is 53.3 Å². The van der Waals surface area contributed by atoms with E-state index in [-0.39, 0.29) is 30.0 Å². The number of H-pyrrole nitrogens is 1. The molecule has 0 radical (unpaired) electrons. The lowest BCUT2D eigenvalue weighted by Gasteiger charge is -2.41. The first-order chi connectivity index (χ1) is 17.3. The lowest BCUT2D eigenvalue weighted by atomic mass is 9.90. The number of benzene rings is 1. The molecule has 2 heterocycles. The molecule has 1 atom stereocenters. The number of hydrogen-bond acceptors (Lipinski definition) is 7. The van der Waals surface area contributed by atoms with Crippen LogP contribution in [0.4, 0.5) is 0 Å². The van der Waals surface area contributed by atoms with E-state index in [1.807, 2.05) is 19.1 Å². The number of nitrogens with one attached hydrogen (secondary N) is 1. The lowest BCUT2D eigenvalue weighted by Crippen LogP contribution is -2.43. The van der Waals surface area contributed by atoms with Gasteiger partial charge < -0.3 is 9.72 Å². The monoisotopic (exact) mass is 494 g/mol. The maximum Gasteiger partial charge on any atom is 0.327 e. The van der Waals surface area contributed by atoms with Crippen molar-refractivity contribution in [3.05, 3.63) is 51.1 Å². The Kier molecular flexibility index (Phi) is 8.18. The van der Waals surface area contributed by atoms with E-state index in [2.05, 4.69) is 52.2 Å². The fraction of sp³-hybridized carbons (Fsp3) is 0.593. The quantitative estimate of drug-likeness (QED) is 0.444. The van der Waals surface area contributed by atoms with Crippen molar-refractivity contribution in [2.45, 2.75) is 91.9 Å². The maximum absolute atomic E-state index is 13.2. The van der Waals surface area contributed by atoms with Crippen molar-refractivity contribution in [2.75, 3.05) is 6.61 Å². The van der Waals surface area contributed by atoms with Gasteiger partial charge in [-0.2, -0.15) is 0 Å². The summed E-state index contributed by atoms with van der Waals surface area (Å²) in [7, 11) is 0. The molecule has 0 bridgehead atoms. The summed E-state index contributed by atoms with van der Waals surface area (Å²) in [5.41, 5.74) is 3.80. The standard InChI is InChI=1S/C27H38N6O3/c1-6-36-24(34)16-33-26(29-30-31-33)25(17(2)3)32(21-10-8-7-9-11-21)15-20-14-22-19(5)12-18(4)13-23(22)28-27(20)35/h12-14,17,21,25H,6-11,15-16H2,1-5H3,(H,28,35)/t25-/m0/s1. The summed E-state index contributed by atoms with van der Waals surface area (Å²) in [4.78, 5) is 31.0. The minimum absolute atomic E-state index is 0.0347. The predicted molar refractivity (Wildman–Crippen MR) is 138 cm³/mol. The van der Waals surface area contributed by atoms with Crippen LogP contribution in [0.15, 0.2) is 23.0 Å². The highest BCUT2D eigenvalue weighted by molar-refractivity contribution is 5.83. The van der Waals surface area contributed by atoms with Gasteiger partial charge in [0.15, 0.2) is 5.82 Å². The van der Waals surface area contributed by atoms with Gasteiger partial charge in [-0.25, -0.2) is 4.68 Å². The number of pyridine rings is 1. The lowest BCUT2D eigenvalue weighted by molar-refractivity contribution is -0.144. The molecule has 9 nitrogen and oxygen atoms in total. The molecule has 0 amide bonds. The molecule has 9 heteroatoms. The first-order valence-corrected chi connectivity index (χ1v) is 13.1. The van der Waals surface area contributed by atoms with Crippen LogP contribution in [0.25, 0.3) is 10.9 Å². The highest BCUT2D eigenvalue weighted by atomic mass is 16.5. The summed E-state index contributed by atoms with van der Waals surface area (Å²) in [6.07, 6.45) is 5.67. The molecule has 194 valence electrons. The van der Waals surface area contributed by atoms with Gasteiger partial charge in [-0.3, -0.25) is 14.5 Å². The van der Waals surface area contributed by atoms with Crippen molar-refractivity contribution in [2.24, 2.45) is 5.92 Å². The van der Waals surface area contributed by atoms with E-state index >= 15 is 0 Å². The Morgan fingerprint density at radius 2 is 1.94 bits per heavy atom. The van der Waals surface area contributed by atoms with Crippen LogP contribution in [0, 0.1) is 19.8 Å². The number of fused-ring (bicyclic) bond motifs is 1. The molecular formula is C27H38N6O3. The third-order valence-corrected chi connectivity index (χ3v) is 7.18. The van der Waals surface area contributed by atoms with E-state index in [9.17, 15) is 9.59 Å². The summed E-state index contributed by atoms with van der Waals surface area (Å²) in [6.45, 7) is 10.9. The highest BCUT2D eigenvalue weighted by Crippen LogP contribution is 2.35. The third kappa shape index (κ3) is 5.67. The molecule has 1 aliphatic carbocycles. The molecule has 0 aliphatic heterocycles. The van der Waals surface area contributed by atoms with Crippen molar-refractivity contribution in [3.63, 3.8) is 0 Å². The van der Waals surface area contributed by atoms with Crippen molar-refractivity contribution in [1.29, 1.82) is 0 Å². The van der Waals surface area contributed by atoms with Crippen LogP contribution in [-0.4, -0.2) is 48.7 Å². The normalized spacial score (nSPS) is 15.6. The number of aromatic amines is 1. The SMILES string of the molecule is CCOC(=O)Cn1nnnc1[C@H](C(C)C)N(Cc1cc2c(C)cc(C)cc2[nH]c1=O)C1CCCCC1. The average molecular weight is 495 g/mol. The molecule has 3 aromatic rings. The minimum Gasteiger partial charge on any atom is -0.465 e. The van der Waals surface area contributed by atoms with Crippen LogP contribution >= 0.6 is 0 Å². The second kappa shape index (κ2) is 11.3. The Bertz CT molecular complexity index is 1260. The Morgan fingerprint density at radius 1 is 1.19 bits per heavy atom. The van der Waals surface area contributed by atoms with Gasteiger partial charge in [-0.1, -0.05) is 39.2 Å². The predicted octanol–water partition coefficient (Wildman–Crippen LogP) is 4.23. The smallest absolute Gasteiger partial charge is 0.327 e. The van der Waals surface area contributed by atoms with Gasteiger partial charge in [0.1, 0.15) is 6.54 Å². The van der Waals surface area contributed by atoms with Crippen LogP contribution in [0.5, 0.6) is 0 Å². The van der Waals surface area contributed by atoms with Gasteiger partial charge in [-0.15, -0.1) is 5.10 Å². The summed E-state index contributed by atoms with van der Waals surface area (Å²) >= 11 is 0. The number of aromatic nitrogens is 5. The molecular weight excluding hydrogens is 456 g/mol. The number of nitrogens with zero attached hydrogens (tertiary/aromatic N) is 5. The number of hydrogen-bond donors (Lipinski definition) is 1. The van der Waals surface area contributed by atoms with Gasteiger partial charge in [0.2, 0.25) is 0 Å². The molecule has 2 aromatic heterocycles. The van der Waals surface area contributed by atoms with Crippen molar-refractivity contribution >= 4 is 16.9 Å². The van der Waals surface area contributed by atoms with Crippen molar-refractivity contribution < 1.29 is 9.53 Å². The summed E-state index contributed by atoms with van der Waals surface area (Å²) < 4.78 is 6.70. The van der Waals surface area contributed by atoms with Gasteiger partial charge in [0.25, 0.3) is 5.56 Å². The Hall–Kier alpha value is -3.07. The summed E-state index contributed by atoms with van der Waals surface area (Å²) in [5.74, 6) is 0.421. The zero-order valence-corrected chi connectivity index (χ0v) is 22.1. The van der Waals surface area contributed by atoms with E-state index in [0.29, 0.717) is 25.0 Å². The van der Waals surface area contributed by atoms with E-state index < -0.39 is 0 Å².